The first-order chi connectivity index (χ1) is 12.2. The highest BCUT2D eigenvalue weighted by atomic mass is 16.6. The lowest BCUT2D eigenvalue weighted by atomic mass is 10.1. The van der Waals surface area contributed by atoms with Crippen LogP contribution in [0.2, 0.25) is 0 Å². The molecule has 2 aliphatic rings. The molecular weight excluding hydrogens is 318 g/mol. The molecule has 25 heavy (non-hydrogen) atoms. The van der Waals surface area contributed by atoms with E-state index in [0.717, 1.165) is 42.0 Å². The third-order valence-corrected chi connectivity index (χ3v) is 4.68. The first-order valence-corrected chi connectivity index (χ1v) is 8.62. The van der Waals surface area contributed by atoms with Crippen molar-refractivity contribution in [3.05, 3.63) is 36.4 Å². The number of carbonyl (C=O) groups excluding carboxylic acids is 1. The van der Waals surface area contributed by atoms with Gasteiger partial charge in [0.25, 0.3) is 0 Å². The molecule has 130 valence electrons. The van der Waals surface area contributed by atoms with E-state index in [1.807, 2.05) is 30.3 Å². The van der Waals surface area contributed by atoms with Crippen LogP contribution in [0.25, 0.3) is 11.3 Å². The molecule has 3 N–H and O–H groups in total. The van der Waals surface area contributed by atoms with Gasteiger partial charge in [-0.05, 0) is 49.6 Å². The third kappa shape index (κ3) is 3.44. The second-order valence-electron chi connectivity index (χ2n) is 6.53. The molecule has 4 rings (SSSR count). The highest BCUT2D eigenvalue weighted by Crippen LogP contribution is 2.34. The number of hydrogen-bond donors (Lipinski definition) is 2. The molecule has 0 radical (unpaired) electrons. The van der Waals surface area contributed by atoms with Crippen LogP contribution in [0.3, 0.4) is 0 Å². The van der Waals surface area contributed by atoms with E-state index in [1.54, 1.807) is 6.07 Å². The summed E-state index contributed by atoms with van der Waals surface area (Å²) >= 11 is 0. The Balaban J connectivity index is 1.52. The Kier molecular flexibility index (Phi) is 4.28. The number of fused-ring (bicyclic) bond motifs is 1. The van der Waals surface area contributed by atoms with E-state index in [2.05, 4.69) is 10.3 Å². The molecule has 1 aliphatic heterocycles. The zero-order valence-corrected chi connectivity index (χ0v) is 13.9. The number of benzene rings is 1. The fraction of sp³-hybridized carbons (Fsp3) is 0.368. The van der Waals surface area contributed by atoms with Crippen molar-refractivity contribution in [2.75, 3.05) is 18.5 Å². The average Bonchev–Trinajstić information content (AvgIpc) is 3.08. The lowest BCUT2D eigenvalue weighted by Gasteiger charge is -2.18. The van der Waals surface area contributed by atoms with E-state index in [9.17, 15) is 4.79 Å². The van der Waals surface area contributed by atoms with Gasteiger partial charge in [-0.2, -0.15) is 0 Å². The number of rotatable bonds is 3. The number of ether oxygens (including phenoxy) is 2. The highest BCUT2D eigenvalue weighted by molar-refractivity contribution is 5.92. The molecule has 0 saturated heterocycles. The van der Waals surface area contributed by atoms with Gasteiger partial charge in [-0.3, -0.25) is 4.79 Å². The Morgan fingerprint density at radius 3 is 2.76 bits per heavy atom. The summed E-state index contributed by atoms with van der Waals surface area (Å²) in [5, 5.41) is 2.92. The predicted octanol–water partition coefficient (Wildman–Crippen LogP) is 2.59. The monoisotopic (exact) mass is 339 g/mol. The lowest BCUT2D eigenvalue weighted by Crippen LogP contribution is -2.23. The van der Waals surface area contributed by atoms with Crippen LogP contribution in [-0.4, -0.2) is 30.1 Å². The van der Waals surface area contributed by atoms with Crippen LogP contribution in [0.4, 0.5) is 5.82 Å². The second kappa shape index (κ2) is 6.72. The summed E-state index contributed by atoms with van der Waals surface area (Å²) in [7, 11) is 0. The van der Waals surface area contributed by atoms with Gasteiger partial charge in [-0.1, -0.05) is 6.07 Å². The van der Waals surface area contributed by atoms with Gasteiger partial charge >= 0.3 is 0 Å². The fourth-order valence-electron chi connectivity index (χ4n) is 3.35. The molecule has 1 aliphatic carbocycles. The van der Waals surface area contributed by atoms with Gasteiger partial charge in [0, 0.05) is 17.5 Å². The molecule has 1 aromatic heterocycles. The van der Waals surface area contributed by atoms with Crippen molar-refractivity contribution in [1.29, 1.82) is 0 Å². The Morgan fingerprint density at radius 2 is 1.96 bits per heavy atom. The topological polar surface area (TPSA) is 86.5 Å². The zero-order chi connectivity index (χ0) is 17.2. The van der Waals surface area contributed by atoms with Crippen LogP contribution < -0.4 is 20.5 Å². The summed E-state index contributed by atoms with van der Waals surface area (Å²) < 4.78 is 11.2. The quantitative estimate of drug-likeness (QED) is 0.897. The molecule has 1 amide bonds. The minimum absolute atomic E-state index is 0.000209. The van der Waals surface area contributed by atoms with E-state index < -0.39 is 0 Å². The first-order valence-electron chi connectivity index (χ1n) is 8.62. The standard InChI is InChI=1S/C19H21N3O3/c20-14-6-4-13(10-14)19(23)22-18-3-1-2-15(21-18)12-5-7-16-17(11-12)25-9-8-24-16/h1-3,5,7,11,13-14H,4,6,8-10,20H2,(H,21,22,23). The summed E-state index contributed by atoms with van der Waals surface area (Å²) in [6.07, 6.45) is 2.49. The van der Waals surface area contributed by atoms with Gasteiger partial charge in [-0.15, -0.1) is 0 Å². The Morgan fingerprint density at radius 1 is 1.12 bits per heavy atom. The van der Waals surface area contributed by atoms with Crippen molar-refractivity contribution >= 4 is 11.7 Å². The van der Waals surface area contributed by atoms with Crippen LogP contribution in [0, 0.1) is 5.92 Å². The average molecular weight is 339 g/mol. The first kappa shape index (κ1) is 15.9. The molecule has 2 heterocycles. The van der Waals surface area contributed by atoms with E-state index >= 15 is 0 Å². The fourth-order valence-corrected chi connectivity index (χ4v) is 3.35. The summed E-state index contributed by atoms with van der Waals surface area (Å²) in [4.78, 5) is 16.9. The van der Waals surface area contributed by atoms with Crippen LogP contribution >= 0.6 is 0 Å². The van der Waals surface area contributed by atoms with Crippen molar-refractivity contribution < 1.29 is 14.3 Å². The van der Waals surface area contributed by atoms with Gasteiger partial charge in [0.2, 0.25) is 5.91 Å². The van der Waals surface area contributed by atoms with Crippen LogP contribution in [0.15, 0.2) is 36.4 Å². The van der Waals surface area contributed by atoms with Crippen LogP contribution in [-0.2, 0) is 4.79 Å². The van der Waals surface area contributed by atoms with Crippen LogP contribution in [0.5, 0.6) is 11.5 Å². The Labute approximate surface area is 146 Å². The molecular formula is C19H21N3O3. The maximum Gasteiger partial charge on any atom is 0.228 e. The normalized spacial score (nSPS) is 21.8. The SMILES string of the molecule is NC1CCC(C(=O)Nc2cccc(-c3ccc4c(c3)OCCO4)n2)C1. The minimum atomic E-state index is -0.0188. The lowest BCUT2D eigenvalue weighted by molar-refractivity contribution is -0.119. The number of hydrogen-bond acceptors (Lipinski definition) is 5. The molecule has 2 unspecified atom stereocenters. The number of carbonyl (C=O) groups is 1. The number of anilines is 1. The zero-order valence-electron chi connectivity index (χ0n) is 13.9. The molecule has 2 aromatic rings. The largest absolute Gasteiger partial charge is 0.486 e. The van der Waals surface area contributed by atoms with Gasteiger partial charge in [0.05, 0.1) is 5.69 Å². The molecule has 1 aromatic carbocycles. The maximum absolute atomic E-state index is 12.4. The summed E-state index contributed by atoms with van der Waals surface area (Å²) in [6, 6.07) is 11.5. The minimum Gasteiger partial charge on any atom is -0.486 e. The Hall–Kier alpha value is -2.60. The number of nitrogens with two attached hydrogens (primary N) is 1. The van der Waals surface area contributed by atoms with E-state index in [1.165, 1.54) is 0 Å². The maximum atomic E-state index is 12.4. The van der Waals surface area contributed by atoms with Crippen molar-refractivity contribution in [1.82, 2.24) is 4.98 Å². The number of aromatic nitrogens is 1. The van der Waals surface area contributed by atoms with Crippen molar-refractivity contribution in [2.24, 2.45) is 11.7 Å². The molecule has 2 atom stereocenters. The molecule has 1 saturated carbocycles. The smallest absolute Gasteiger partial charge is 0.228 e. The van der Waals surface area contributed by atoms with Crippen LogP contribution in [0.1, 0.15) is 19.3 Å². The van der Waals surface area contributed by atoms with Crippen molar-refractivity contribution in [2.45, 2.75) is 25.3 Å². The Bertz CT molecular complexity index is 793. The number of nitrogens with zero attached hydrogens (tertiary/aromatic N) is 1. The van der Waals surface area contributed by atoms with Crippen molar-refractivity contribution in [3.63, 3.8) is 0 Å². The number of amides is 1. The van der Waals surface area contributed by atoms with E-state index in [-0.39, 0.29) is 17.9 Å². The van der Waals surface area contributed by atoms with E-state index in [0.29, 0.717) is 19.0 Å². The summed E-state index contributed by atoms with van der Waals surface area (Å²) in [5.74, 6) is 2.00. The summed E-state index contributed by atoms with van der Waals surface area (Å²) in [5.41, 5.74) is 7.59. The van der Waals surface area contributed by atoms with Gasteiger partial charge in [-0.25, -0.2) is 4.98 Å². The van der Waals surface area contributed by atoms with Gasteiger partial charge in [0.15, 0.2) is 11.5 Å². The number of nitrogens with one attached hydrogen (secondary N) is 1. The molecule has 6 nitrogen and oxygen atoms in total. The molecule has 0 spiro atoms. The summed E-state index contributed by atoms with van der Waals surface area (Å²) in [6.45, 7) is 1.11. The highest BCUT2D eigenvalue weighted by Gasteiger charge is 2.28. The van der Waals surface area contributed by atoms with Gasteiger partial charge < -0.3 is 20.5 Å². The second-order valence-corrected chi connectivity index (χ2v) is 6.53. The predicted molar refractivity (Wildman–Crippen MR) is 94.6 cm³/mol. The molecule has 6 heteroatoms. The van der Waals surface area contributed by atoms with Gasteiger partial charge in [0.1, 0.15) is 19.0 Å². The van der Waals surface area contributed by atoms with E-state index in [4.69, 9.17) is 15.2 Å². The third-order valence-electron chi connectivity index (χ3n) is 4.68. The molecule has 1 fully saturated rings. The molecule has 0 bridgehead atoms. The number of pyridine rings is 1. The van der Waals surface area contributed by atoms with Crippen molar-refractivity contribution in [3.8, 4) is 22.8 Å².